The minimum Gasteiger partial charge on any atom is -0.328 e. The summed E-state index contributed by atoms with van der Waals surface area (Å²) in [5.74, 6) is -0.182. The lowest BCUT2D eigenvalue weighted by Crippen LogP contribution is -2.45. The Balaban J connectivity index is 2.25. The lowest BCUT2D eigenvalue weighted by molar-refractivity contribution is -0.126. The summed E-state index contributed by atoms with van der Waals surface area (Å²) in [6.45, 7) is 1.42. The summed E-state index contributed by atoms with van der Waals surface area (Å²) < 4.78 is 0. The van der Waals surface area contributed by atoms with Crippen LogP contribution >= 0.6 is 0 Å². The molecule has 0 saturated heterocycles. The average Bonchev–Trinajstić information content (AvgIpc) is 2.37. The van der Waals surface area contributed by atoms with Crippen LogP contribution in [0.25, 0.3) is 0 Å². The maximum absolute atomic E-state index is 12.3. The maximum atomic E-state index is 12.3. The first-order chi connectivity index (χ1) is 8.63. The normalized spacial score (nSPS) is 18.1. The Hall–Kier alpha value is -1.97. The van der Waals surface area contributed by atoms with Gasteiger partial charge in [0.15, 0.2) is 5.78 Å². The number of aryl methyl sites for hydroxylation is 1. The van der Waals surface area contributed by atoms with E-state index < -0.39 is 6.04 Å². The lowest BCUT2D eigenvalue weighted by atomic mass is 9.86. The van der Waals surface area contributed by atoms with E-state index in [0.717, 1.165) is 12.0 Å². The van der Waals surface area contributed by atoms with Crippen molar-refractivity contribution >= 4 is 18.0 Å². The van der Waals surface area contributed by atoms with Crippen molar-refractivity contribution in [2.24, 2.45) is 0 Å². The summed E-state index contributed by atoms with van der Waals surface area (Å²) in [5, 5.41) is 0. The van der Waals surface area contributed by atoms with Crippen LogP contribution in [0.1, 0.15) is 29.3 Å². The number of rotatable bonds is 4. The molecule has 0 fully saturated rings. The Morgan fingerprint density at radius 1 is 1.44 bits per heavy atom. The van der Waals surface area contributed by atoms with Crippen molar-refractivity contribution in [2.75, 3.05) is 6.54 Å². The Bertz CT molecular complexity index is 496. The van der Waals surface area contributed by atoms with Gasteiger partial charge >= 0.3 is 0 Å². The topological polar surface area (TPSA) is 54.5 Å². The molecule has 0 N–H and O–H groups in total. The second-order valence-corrected chi connectivity index (χ2v) is 4.56. The van der Waals surface area contributed by atoms with Crippen LogP contribution < -0.4 is 0 Å². The number of hydrogen-bond donors (Lipinski definition) is 0. The number of nitrogens with zero attached hydrogens (tertiary/aromatic N) is 1. The molecule has 1 aliphatic carbocycles. The Morgan fingerprint density at radius 2 is 2.17 bits per heavy atom. The second-order valence-electron chi connectivity index (χ2n) is 4.56. The fourth-order valence-electron chi connectivity index (χ4n) is 2.38. The van der Waals surface area contributed by atoms with E-state index in [0.29, 0.717) is 18.4 Å². The van der Waals surface area contributed by atoms with Gasteiger partial charge in [0.2, 0.25) is 6.41 Å². The van der Waals surface area contributed by atoms with Gasteiger partial charge in [0.25, 0.3) is 0 Å². The largest absolute Gasteiger partial charge is 0.328 e. The highest BCUT2D eigenvalue weighted by molar-refractivity contribution is 6.03. The minimum absolute atomic E-state index is 0.00206. The van der Waals surface area contributed by atoms with E-state index in [1.807, 2.05) is 18.2 Å². The molecule has 1 aliphatic rings. The molecule has 1 amide bonds. The quantitative estimate of drug-likeness (QED) is 0.750. The second kappa shape index (κ2) is 5.12. The molecule has 0 bridgehead atoms. The maximum Gasteiger partial charge on any atom is 0.210 e. The Labute approximate surface area is 106 Å². The van der Waals surface area contributed by atoms with Crippen molar-refractivity contribution in [1.82, 2.24) is 4.90 Å². The van der Waals surface area contributed by atoms with Crippen molar-refractivity contribution in [3.05, 3.63) is 35.4 Å². The molecule has 0 spiro atoms. The van der Waals surface area contributed by atoms with Gasteiger partial charge in [-0.1, -0.05) is 24.3 Å². The Kier molecular flexibility index (Phi) is 3.55. The zero-order chi connectivity index (χ0) is 13.1. The molecule has 94 valence electrons. The molecular weight excluding hydrogens is 230 g/mol. The van der Waals surface area contributed by atoms with Gasteiger partial charge in [0, 0.05) is 5.56 Å². The van der Waals surface area contributed by atoms with Crippen molar-refractivity contribution in [3.8, 4) is 0 Å². The van der Waals surface area contributed by atoms with E-state index in [4.69, 9.17) is 0 Å². The SMILES string of the molecule is CC(=O)CN(C=O)C1CCc2ccccc2C1=O. The predicted octanol–water partition coefficient (Wildman–Crippen LogP) is 1.23. The van der Waals surface area contributed by atoms with Gasteiger partial charge in [-0.15, -0.1) is 0 Å². The molecule has 0 saturated carbocycles. The molecule has 1 aromatic carbocycles. The van der Waals surface area contributed by atoms with Gasteiger partial charge in [0.05, 0.1) is 12.6 Å². The molecule has 1 atom stereocenters. The number of carbonyl (C=O) groups excluding carboxylic acids is 3. The van der Waals surface area contributed by atoms with Crippen LogP contribution in [0, 0.1) is 0 Å². The average molecular weight is 245 g/mol. The first-order valence-corrected chi connectivity index (χ1v) is 5.96. The van der Waals surface area contributed by atoms with E-state index in [9.17, 15) is 14.4 Å². The predicted molar refractivity (Wildman–Crippen MR) is 66.3 cm³/mol. The number of Topliss-reactive ketones (excluding diaryl/α,β-unsaturated/α-hetero) is 2. The van der Waals surface area contributed by atoms with Crippen molar-refractivity contribution < 1.29 is 14.4 Å². The van der Waals surface area contributed by atoms with Gasteiger partial charge in [-0.3, -0.25) is 14.4 Å². The molecule has 0 aliphatic heterocycles. The highest BCUT2D eigenvalue weighted by atomic mass is 16.2. The first kappa shape index (κ1) is 12.5. The number of hydrogen-bond acceptors (Lipinski definition) is 3. The van der Waals surface area contributed by atoms with Crippen LogP contribution in [0.15, 0.2) is 24.3 Å². The van der Waals surface area contributed by atoms with E-state index in [-0.39, 0.29) is 18.1 Å². The molecule has 4 nitrogen and oxygen atoms in total. The van der Waals surface area contributed by atoms with E-state index >= 15 is 0 Å². The monoisotopic (exact) mass is 245 g/mol. The summed E-state index contributed by atoms with van der Waals surface area (Å²) in [7, 11) is 0. The third-order valence-electron chi connectivity index (χ3n) is 3.21. The summed E-state index contributed by atoms with van der Waals surface area (Å²) in [6, 6.07) is 6.93. The third kappa shape index (κ3) is 2.32. The van der Waals surface area contributed by atoms with E-state index in [2.05, 4.69) is 0 Å². The fourth-order valence-corrected chi connectivity index (χ4v) is 2.38. The zero-order valence-electron chi connectivity index (χ0n) is 10.3. The van der Waals surface area contributed by atoms with Gasteiger partial charge < -0.3 is 4.90 Å². The highest BCUT2D eigenvalue weighted by Gasteiger charge is 2.31. The van der Waals surface area contributed by atoms with Crippen LogP contribution in [0.2, 0.25) is 0 Å². The van der Waals surface area contributed by atoms with E-state index in [1.165, 1.54) is 11.8 Å². The molecule has 0 aromatic heterocycles. The van der Waals surface area contributed by atoms with Gasteiger partial charge in [-0.25, -0.2) is 0 Å². The molecule has 4 heteroatoms. The van der Waals surface area contributed by atoms with Gasteiger partial charge in [0.1, 0.15) is 5.78 Å². The standard InChI is InChI=1S/C14H15NO3/c1-10(17)8-15(9-16)13-7-6-11-4-2-3-5-12(11)14(13)18/h2-5,9,13H,6-8H2,1H3. The van der Waals surface area contributed by atoms with Crippen LogP contribution in [0.3, 0.4) is 0 Å². The van der Waals surface area contributed by atoms with Crippen molar-refractivity contribution in [2.45, 2.75) is 25.8 Å². The van der Waals surface area contributed by atoms with Gasteiger partial charge in [-0.05, 0) is 25.3 Å². The molecule has 2 rings (SSSR count). The molecule has 0 heterocycles. The molecule has 0 radical (unpaired) electrons. The highest BCUT2D eigenvalue weighted by Crippen LogP contribution is 2.23. The summed E-state index contributed by atoms with van der Waals surface area (Å²) in [4.78, 5) is 35.7. The number of fused-ring (bicyclic) bond motifs is 1. The van der Waals surface area contributed by atoms with Crippen LogP contribution in [0.4, 0.5) is 0 Å². The number of amides is 1. The van der Waals surface area contributed by atoms with Crippen LogP contribution in [-0.4, -0.2) is 35.5 Å². The van der Waals surface area contributed by atoms with Crippen molar-refractivity contribution in [1.29, 1.82) is 0 Å². The summed E-state index contributed by atoms with van der Waals surface area (Å²) in [5.41, 5.74) is 1.69. The van der Waals surface area contributed by atoms with E-state index in [1.54, 1.807) is 6.07 Å². The third-order valence-corrected chi connectivity index (χ3v) is 3.21. The van der Waals surface area contributed by atoms with Gasteiger partial charge in [-0.2, -0.15) is 0 Å². The van der Waals surface area contributed by atoms with Crippen LogP contribution in [-0.2, 0) is 16.0 Å². The molecule has 1 unspecified atom stereocenters. The van der Waals surface area contributed by atoms with Crippen LogP contribution in [0.5, 0.6) is 0 Å². The van der Waals surface area contributed by atoms with Crippen molar-refractivity contribution in [3.63, 3.8) is 0 Å². The first-order valence-electron chi connectivity index (χ1n) is 5.96. The Morgan fingerprint density at radius 3 is 2.83 bits per heavy atom. The number of carbonyl (C=O) groups is 3. The molecule has 1 aromatic rings. The number of ketones is 2. The lowest BCUT2D eigenvalue weighted by Gasteiger charge is -2.30. The summed E-state index contributed by atoms with van der Waals surface area (Å²) in [6.07, 6.45) is 1.94. The zero-order valence-corrected chi connectivity index (χ0v) is 10.3. The molecule has 18 heavy (non-hydrogen) atoms. The fraction of sp³-hybridized carbons (Fsp3) is 0.357. The smallest absolute Gasteiger partial charge is 0.210 e. The number of benzene rings is 1. The minimum atomic E-state index is -0.499. The summed E-state index contributed by atoms with van der Waals surface area (Å²) >= 11 is 0. The molecular formula is C14H15NO3.